The van der Waals surface area contributed by atoms with Crippen LogP contribution in [0.1, 0.15) is 41.6 Å². The molecule has 1 amide bonds. The SMILES string of the molecule is NCc1ccc(C(=O)N2CCCC2CN2CCCC2)cc1. The molecule has 0 aromatic heterocycles. The highest BCUT2D eigenvalue weighted by molar-refractivity contribution is 5.94. The van der Waals surface area contributed by atoms with Gasteiger partial charge in [0.25, 0.3) is 5.91 Å². The van der Waals surface area contributed by atoms with Crippen LogP contribution >= 0.6 is 0 Å². The fourth-order valence-corrected chi connectivity index (χ4v) is 3.51. The molecule has 21 heavy (non-hydrogen) atoms. The monoisotopic (exact) mass is 287 g/mol. The van der Waals surface area contributed by atoms with E-state index in [0.717, 1.165) is 37.1 Å². The van der Waals surface area contributed by atoms with Gasteiger partial charge in [0.05, 0.1) is 0 Å². The van der Waals surface area contributed by atoms with Crippen molar-refractivity contribution in [3.05, 3.63) is 35.4 Å². The Morgan fingerprint density at radius 1 is 1.10 bits per heavy atom. The van der Waals surface area contributed by atoms with Crippen molar-refractivity contribution in [3.63, 3.8) is 0 Å². The van der Waals surface area contributed by atoms with Crippen molar-refractivity contribution in [1.29, 1.82) is 0 Å². The normalized spacial score (nSPS) is 22.9. The summed E-state index contributed by atoms with van der Waals surface area (Å²) in [7, 11) is 0. The van der Waals surface area contributed by atoms with E-state index in [2.05, 4.69) is 9.80 Å². The van der Waals surface area contributed by atoms with Crippen molar-refractivity contribution in [3.8, 4) is 0 Å². The first-order valence-electron chi connectivity index (χ1n) is 8.10. The number of hydrogen-bond acceptors (Lipinski definition) is 3. The van der Waals surface area contributed by atoms with Crippen molar-refractivity contribution in [1.82, 2.24) is 9.80 Å². The van der Waals surface area contributed by atoms with E-state index in [1.807, 2.05) is 24.3 Å². The molecule has 0 bridgehead atoms. The van der Waals surface area contributed by atoms with Gasteiger partial charge in [0.15, 0.2) is 0 Å². The lowest BCUT2D eigenvalue weighted by Crippen LogP contribution is -2.42. The lowest BCUT2D eigenvalue weighted by atomic mass is 10.1. The Morgan fingerprint density at radius 2 is 1.81 bits per heavy atom. The molecular formula is C17H25N3O. The van der Waals surface area contributed by atoms with Gasteiger partial charge in [-0.1, -0.05) is 12.1 Å². The van der Waals surface area contributed by atoms with Crippen molar-refractivity contribution in [2.75, 3.05) is 26.2 Å². The van der Waals surface area contributed by atoms with Gasteiger partial charge in [-0.3, -0.25) is 4.79 Å². The van der Waals surface area contributed by atoms with E-state index >= 15 is 0 Å². The number of carbonyl (C=O) groups excluding carboxylic acids is 1. The summed E-state index contributed by atoms with van der Waals surface area (Å²) in [5.41, 5.74) is 7.47. The maximum absolute atomic E-state index is 12.7. The smallest absolute Gasteiger partial charge is 0.254 e. The second-order valence-electron chi connectivity index (χ2n) is 6.20. The van der Waals surface area contributed by atoms with Crippen LogP contribution in [0, 0.1) is 0 Å². The van der Waals surface area contributed by atoms with E-state index < -0.39 is 0 Å². The van der Waals surface area contributed by atoms with Crippen LogP contribution in [0.2, 0.25) is 0 Å². The topological polar surface area (TPSA) is 49.6 Å². The number of nitrogens with two attached hydrogens (primary N) is 1. The largest absolute Gasteiger partial charge is 0.334 e. The molecular weight excluding hydrogens is 262 g/mol. The number of hydrogen-bond donors (Lipinski definition) is 1. The van der Waals surface area contributed by atoms with Gasteiger partial charge in [0, 0.05) is 31.2 Å². The minimum atomic E-state index is 0.181. The van der Waals surface area contributed by atoms with Crippen LogP contribution in [0.4, 0.5) is 0 Å². The molecule has 2 aliphatic heterocycles. The quantitative estimate of drug-likeness (QED) is 0.919. The molecule has 2 saturated heterocycles. The zero-order chi connectivity index (χ0) is 14.7. The zero-order valence-electron chi connectivity index (χ0n) is 12.6. The summed E-state index contributed by atoms with van der Waals surface area (Å²) < 4.78 is 0. The summed E-state index contributed by atoms with van der Waals surface area (Å²) in [6.07, 6.45) is 4.89. The second-order valence-corrected chi connectivity index (χ2v) is 6.20. The van der Waals surface area contributed by atoms with Crippen LogP contribution in [0.25, 0.3) is 0 Å². The molecule has 0 saturated carbocycles. The second kappa shape index (κ2) is 6.58. The van der Waals surface area contributed by atoms with Gasteiger partial charge in [-0.15, -0.1) is 0 Å². The van der Waals surface area contributed by atoms with E-state index in [1.54, 1.807) is 0 Å². The third-order valence-corrected chi connectivity index (χ3v) is 4.74. The Morgan fingerprint density at radius 3 is 2.48 bits per heavy atom. The van der Waals surface area contributed by atoms with Gasteiger partial charge < -0.3 is 15.5 Å². The summed E-state index contributed by atoms with van der Waals surface area (Å²) in [5.74, 6) is 0.181. The molecule has 1 aromatic rings. The lowest BCUT2D eigenvalue weighted by Gasteiger charge is -2.28. The molecule has 3 rings (SSSR count). The van der Waals surface area contributed by atoms with Crippen LogP contribution < -0.4 is 5.73 Å². The standard InChI is InChI=1S/C17H25N3O/c18-12-14-5-7-15(8-6-14)17(21)20-11-3-4-16(20)13-19-9-1-2-10-19/h5-8,16H,1-4,9-13,18H2. The molecule has 0 radical (unpaired) electrons. The molecule has 2 aliphatic rings. The fraction of sp³-hybridized carbons (Fsp3) is 0.588. The average Bonchev–Trinajstić information content (AvgIpc) is 3.19. The highest BCUT2D eigenvalue weighted by Crippen LogP contribution is 2.22. The number of nitrogens with zero attached hydrogens (tertiary/aromatic N) is 2. The van der Waals surface area contributed by atoms with E-state index in [0.29, 0.717) is 12.6 Å². The van der Waals surface area contributed by atoms with Gasteiger partial charge in [0.1, 0.15) is 0 Å². The first kappa shape index (κ1) is 14.5. The molecule has 1 atom stereocenters. The number of amides is 1. The average molecular weight is 287 g/mol. The Bertz CT molecular complexity index is 479. The minimum absolute atomic E-state index is 0.181. The van der Waals surface area contributed by atoms with Gasteiger partial charge in [0.2, 0.25) is 0 Å². The Balaban J connectivity index is 1.66. The third kappa shape index (κ3) is 3.27. The van der Waals surface area contributed by atoms with Crippen LogP contribution in [0.3, 0.4) is 0 Å². The van der Waals surface area contributed by atoms with Gasteiger partial charge in [-0.25, -0.2) is 0 Å². The van der Waals surface area contributed by atoms with Gasteiger partial charge in [-0.2, -0.15) is 0 Å². The summed E-state index contributed by atoms with van der Waals surface area (Å²) in [5, 5.41) is 0. The minimum Gasteiger partial charge on any atom is -0.334 e. The van der Waals surface area contributed by atoms with E-state index in [4.69, 9.17) is 5.73 Å². The molecule has 0 aliphatic carbocycles. The molecule has 1 unspecified atom stereocenters. The fourth-order valence-electron chi connectivity index (χ4n) is 3.51. The molecule has 2 fully saturated rings. The summed E-state index contributed by atoms with van der Waals surface area (Å²) in [6, 6.07) is 8.13. The number of carbonyl (C=O) groups is 1. The Hall–Kier alpha value is -1.39. The van der Waals surface area contributed by atoms with Crippen molar-refractivity contribution in [2.24, 2.45) is 5.73 Å². The predicted octanol–water partition coefficient (Wildman–Crippen LogP) is 1.85. The van der Waals surface area contributed by atoms with Gasteiger partial charge >= 0.3 is 0 Å². The summed E-state index contributed by atoms with van der Waals surface area (Å²) >= 11 is 0. The highest BCUT2D eigenvalue weighted by atomic mass is 16.2. The molecule has 114 valence electrons. The van der Waals surface area contributed by atoms with E-state index in [-0.39, 0.29) is 5.91 Å². The number of likely N-dealkylation sites (tertiary alicyclic amines) is 2. The molecule has 1 aromatic carbocycles. The summed E-state index contributed by atoms with van der Waals surface area (Å²) in [4.78, 5) is 17.3. The van der Waals surface area contributed by atoms with E-state index in [1.165, 1.54) is 25.9 Å². The van der Waals surface area contributed by atoms with Crippen LogP contribution in [0.15, 0.2) is 24.3 Å². The van der Waals surface area contributed by atoms with Crippen molar-refractivity contribution in [2.45, 2.75) is 38.3 Å². The van der Waals surface area contributed by atoms with Gasteiger partial charge in [-0.05, 0) is 56.5 Å². The molecule has 4 nitrogen and oxygen atoms in total. The summed E-state index contributed by atoms with van der Waals surface area (Å²) in [6.45, 7) is 4.87. The molecule has 0 spiro atoms. The first-order chi connectivity index (χ1) is 10.3. The predicted molar refractivity (Wildman–Crippen MR) is 84.1 cm³/mol. The number of benzene rings is 1. The van der Waals surface area contributed by atoms with E-state index in [9.17, 15) is 4.79 Å². The lowest BCUT2D eigenvalue weighted by molar-refractivity contribution is 0.0709. The maximum Gasteiger partial charge on any atom is 0.254 e. The van der Waals surface area contributed by atoms with Crippen LogP contribution in [-0.4, -0.2) is 47.9 Å². The van der Waals surface area contributed by atoms with Crippen molar-refractivity contribution >= 4 is 5.91 Å². The maximum atomic E-state index is 12.7. The zero-order valence-corrected chi connectivity index (χ0v) is 12.6. The molecule has 2 heterocycles. The molecule has 4 heteroatoms. The molecule has 2 N–H and O–H groups in total. The van der Waals surface area contributed by atoms with Crippen LogP contribution in [0.5, 0.6) is 0 Å². The Labute approximate surface area is 126 Å². The number of rotatable bonds is 4. The first-order valence-corrected chi connectivity index (χ1v) is 8.10. The highest BCUT2D eigenvalue weighted by Gasteiger charge is 2.31. The Kier molecular flexibility index (Phi) is 4.56. The third-order valence-electron chi connectivity index (χ3n) is 4.74. The van der Waals surface area contributed by atoms with Crippen LogP contribution in [-0.2, 0) is 6.54 Å². The van der Waals surface area contributed by atoms with Crippen molar-refractivity contribution < 1.29 is 4.79 Å².